The molecule has 2 nitrogen and oxygen atoms in total. The number of rotatable bonds is 9. The lowest BCUT2D eigenvalue weighted by atomic mass is 9.87. The third-order valence-corrected chi connectivity index (χ3v) is 13.0. The number of benzene rings is 11. The fourth-order valence-corrected chi connectivity index (χ4v) is 9.96. The highest BCUT2D eigenvalue weighted by Gasteiger charge is 2.23. The summed E-state index contributed by atoms with van der Waals surface area (Å²) in [6.07, 6.45) is 0. The highest BCUT2D eigenvalue weighted by Crippen LogP contribution is 2.49. The van der Waals surface area contributed by atoms with Crippen LogP contribution in [-0.2, 0) is 0 Å². The summed E-state index contributed by atoms with van der Waals surface area (Å²) in [6, 6.07) is 97.0. The lowest BCUT2D eigenvalue weighted by Gasteiger charge is -2.30. The van der Waals surface area contributed by atoms with Gasteiger partial charge in [0.15, 0.2) is 0 Å². The van der Waals surface area contributed by atoms with Crippen LogP contribution in [0.2, 0.25) is 0 Å². The molecule has 1 aromatic heterocycles. The minimum Gasteiger partial charge on any atom is -0.310 e. The molecule has 0 aliphatic carbocycles. The van der Waals surface area contributed by atoms with E-state index >= 15 is 0 Å². The van der Waals surface area contributed by atoms with E-state index in [2.05, 4.69) is 276 Å². The molecule has 0 saturated heterocycles. The molecule has 12 aromatic rings. The molecule has 0 bridgehead atoms. The van der Waals surface area contributed by atoms with Crippen LogP contribution in [0.5, 0.6) is 0 Å². The Morgan fingerprint density at radius 1 is 0.273 bits per heavy atom. The van der Waals surface area contributed by atoms with Gasteiger partial charge in [-0.15, -0.1) is 0 Å². The smallest absolute Gasteiger partial charge is 0.0547 e. The predicted octanol–water partition coefficient (Wildman–Crippen LogP) is 17.7. The van der Waals surface area contributed by atoms with Crippen molar-refractivity contribution in [1.29, 1.82) is 0 Å². The van der Waals surface area contributed by atoms with Crippen LogP contribution in [0.25, 0.3) is 93.9 Å². The van der Waals surface area contributed by atoms with Crippen LogP contribution < -0.4 is 4.90 Å². The second kappa shape index (κ2) is 16.8. The van der Waals surface area contributed by atoms with Crippen LogP contribution in [-0.4, -0.2) is 4.57 Å². The van der Waals surface area contributed by atoms with Crippen molar-refractivity contribution in [3.05, 3.63) is 267 Å². The normalized spacial score (nSPS) is 11.3. The maximum absolute atomic E-state index is 2.46. The standard InChI is InChI=1S/C64H44N2/c1-4-19-46(20-5-1)55-30-12-13-32-60(55)64-57(48-21-6-2-7-22-48)34-18-36-62(64)65(53-28-16-25-50(43-53)56-33-17-24-47-23-10-11-29-54(47)56)52-40-37-45(38-41-52)49-39-42-59-58-31-14-15-35-61(58)66(63(59)44-49)51-26-8-3-9-27-51/h1-44H. The summed E-state index contributed by atoms with van der Waals surface area (Å²) in [5.74, 6) is 0. The van der Waals surface area contributed by atoms with Crippen molar-refractivity contribution in [3.63, 3.8) is 0 Å². The first-order valence-corrected chi connectivity index (χ1v) is 22.7. The van der Waals surface area contributed by atoms with E-state index < -0.39 is 0 Å². The van der Waals surface area contributed by atoms with Gasteiger partial charge in [0.1, 0.15) is 0 Å². The zero-order valence-corrected chi connectivity index (χ0v) is 36.3. The maximum atomic E-state index is 2.46. The molecule has 0 N–H and O–H groups in total. The first-order valence-electron chi connectivity index (χ1n) is 22.7. The lowest BCUT2D eigenvalue weighted by Crippen LogP contribution is -2.12. The van der Waals surface area contributed by atoms with Gasteiger partial charge in [-0.05, 0) is 115 Å². The number of aromatic nitrogens is 1. The molecule has 11 aromatic carbocycles. The van der Waals surface area contributed by atoms with Gasteiger partial charge >= 0.3 is 0 Å². The fraction of sp³-hybridized carbons (Fsp3) is 0. The van der Waals surface area contributed by atoms with Gasteiger partial charge in [-0.2, -0.15) is 0 Å². The van der Waals surface area contributed by atoms with Gasteiger partial charge < -0.3 is 9.47 Å². The Kier molecular flexibility index (Phi) is 9.89. The zero-order valence-electron chi connectivity index (χ0n) is 36.3. The van der Waals surface area contributed by atoms with E-state index in [1.165, 1.54) is 82.6 Å². The molecule has 0 spiro atoms. The molecule has 0 saturated carbocycles. The van der Waals surface area contributed by atoms with Crippen molar-refractivity contribution in [2.45, 2.75) is 0 Å². The summed E-state index contributed by atoms with van der Waals surface area (Å²) in [7, 11) is 0. The van der Waals surface area contributed by atoms with E-state index in [1.807, 2.05) is 0 Å². The number of hydrogen-bond donors (Lipinski definition) is 0. The van der Waals surface area contributed by atoms with Gasteiger partial charge in [-0.3, -0.25) is 0 Å². The Balaban J connectivity index is 1.07. The number of fused-ring (bicyclic) bond motifs is 4. The van der Waals surface area contributed by atoms with Crippen LogP contribution in [0.1, 0.15) is 0 Å². The van der Waals surface area contributed by atoms with Gasteiger partial charge in [-0.25, -0.2) is 0 Å². The average Bonchev–Trinajstić information content (AvgIpc) is 3.73. The SMILES string of the molecule is c1ccc(-c2ccccc2-c2c(-c3ccccc3)cccc2N(c2ccc(-c3ccc4c5ccccc5n(-c5ccccc5)c4c3)cc2)c2cccc(-c3cccc4ccccc34)c2)cc1. The Bertz CT molecular complexity index is 3680. The summed E-state index contributed by atoms with van der Waals surface area (Å²) in [5.41, 5.74) is 18.5. The summed E-state index contributed by atoms with van der Waals surface area (Å²) in [6.45, 7) is 0. The monoisotopic (exact) mass is 840 g/mol. The van der Waals surface area contributed by atoms with Crippen molar-refractivity contribution >= 4 is 49.6 Å². The van der Waals surface area contributed by atoms with Crippen LogP contribution in [0.15, 0.2) is 267 Å². The second-order valence-electron chi connectivity index (χ2n) is 16.9. The summed E-state index contributed by atoms with van der Waals surface area (Å²) in [5, 5.41) is 4.96. The summed E-state index contributed by atoms with van der Waals surface area (Å²) in [4.78, 5) is 2.46. The Hall–Kier alpha value is -8.72. The molecule has 1 heterocycles. The van der Waals surface area contributed by atoms with Gasteiger partial charge in [0, 0.05) is 33.4 Å². The third kappa shape index (κ3) is 6.93. The van der Waals surface area contributed by atoms with E-state index in [0.29, 0.717) is 0 Å². The maximum Gasteiger partial charge on any atom is 0.0547 e. The van der Waals surface area contributed by atoms with Gasteiger partial charge in [0.25, 0.3) is 0 Å². The molecule has 2 heteroatoms. The van der Waals surface area contributed by atoms with Crippen LogP contribution >= 0.6 is 0 Å². The molecule has 66 heavy (non-hydrogen) atoms. The van der Waals surface area contributed by atoms with Crippen molar-refractivity contribution in [3.8, 4) is 61.3 Å². The molecule has 0 fully saturated rings. The van der Waals surface area contributed by atoms with E-state index in [4.69, 9.17) is 0 Å². The van der Waals surface area contributed by atoms with Gasteiger partial charge in [0.05, 0.1) is 16.7 Å². The minimum absolute atomic E-state index is 1.07. The minimum atomic E-state index is 1.07. The Morgan fingerprint density at radius 2 is 0.818 bits per heavy atom. The van der Waals surface area contributed by atoms with Crippen LogP contribution in [0.4, 0.5) is 17.1 Å². The Morgan fingerprint density at radius 3 is 1.61 bits per heavy atom. The zero-order chi connectivity index (χ0) is 43.8. The van der Waals surface area contributed by atoms with E-state index in [9.17, 15) is 0 Å². The molecular weight excluding hydrogens is 797 g/mol. The number of para-hydroxylation sites is 2. The Labute approximate surface area is 385 Å². The van der Waals surface area contributed by atoms with Crippen molar-refractivity contribution < 1.29 is 0 Å². The molecule has 0 unspecified atom stereocenters. The van der Waals surface area contributed by atoms with Crippen LogP contribution in [0.3, 0.4) is 0 Å². The molecule has 0 radical (unpaired) electrons. The number of hydrogen-bond acceptors (Lipinski definition) is 1. The molecule has 12 rings (SSSR count). The fourth-order valence-electron chi connectivity index (χ4n) is 9.96. The quantitative estimate of drug-likeness (QED) is 0.141. The van der Waals surface area contributed by atoms with Crippen molar-refractivity contribution in [2.75, 3.05) is 4.90 Å². The average molecular weight is 841 g/mol. The number of anilines is 3. The molecule has 0 atom stereocenters. The van der Waals surface area contributed by atoms with Gasteiger partial charge in [-0.1, -0.05) is 212 Å². The van der Waals surface area contributed by atoms with E-state index in [-0.39, 0.29) is 0 Å². The van der Waals surface area contributed by atoms with Crippen LogP contribution in [0, 0.1) is 0 Å². The molecule has 310 valence electrons. The summed E-state index contributed by atoms with van der Waals surface area (Å²) >= 11 is 0. The first kappa shape index (κ1) is 38.9. The molecular formula is C64H44N2. The van der Waals surface area contributed by atoms with Crippen molar-refractivity contribution in [1.82, 2.24) is 4.57 Å². The van der Waals surface area contributed by atoms with E-state index in [0.717, 1.165) is 28.3 Å². The first-order chi connectivity index (χ1) is 32.8. The number of nitrogens with zero attached hydrogens (tertiary/aromatic N) is 2. The van der Waals surface area contributed by atoms with E-state index in [1.54, 1.807) is 0 Å². The molecule has 0 amide bonds. The highest BCUT2D eigenvalue weighted by atomic mass is 15.1. The highest BCUT2D eigenvalue weighted by molar-refractivity contribution is 6.10. The van der Waals surface area contributed by atoms with Crippen molar-refractivity contribution in [2.24, 2.45) is 0 Å². The molecule has 0 aliphatic rings. The topological polar surface area (TPSA) is 8.17 Å². The largest absolute Gasteiger partial charge is 0.310 e. The predicted molar refractivity (Wildman–Crippen MR) is 280 cm³/mol. The van der Waals surface area contributed by atoms with Gasteiger partial charge in [0.2, 0.25) is 0 Å². The third-order valence-electron chi connectivity index (χ3n) is 13.0. The summed E-state index contributed by atoms with van der Waals surface area (Å²) < 4.78 is 2.39. The second-order valence-corrected chi connectivity index (χ2v) is 16.9. The lowest BCUT2D eigenvalue weighted by molar-refractivity contribution is 1.18. The molecule has 0 aliphatic heterocycles.